The molecule has 0 aromatic carbocycles. The molecule has 0 aliphatic heterocycles. The second-order valence-electron chi connectivity index (χ2n) is 2.30. The van der Waals surface area contributed by atoms with Crippen LogP contribution in [0.15, 0.2) is 4.73 Å². The molecule has 0 atom stereocenters. The maximum absolute atomic E-state index is 8.89. The summed E-state index contributed by atoms with van der Waals surface area (Å²) in [4.78, 5) is 8.10. The monoisotopic (exact) mass is 216 g/mol. The zero-order chi connectivity index (χ0) is 8.43. The van der Waals surface area contributed by atoms with E-state index in [-0.39, 0.29) is 6.61 Å². The van der Waals surface area contributed by atoms with E-state index in [2.05, 4.69) is 25.9 Å². The molecular weight excluding hydrogens is 208 g/mol. The van der Waals surface area contributed by atoms with Crippen molar-refractivity contribution in [3.05, 3.63) is 21.7 Å². The van der Waals surface area contributed by atoms with Gasteiger partial charge in [0, 0.05) is 17.0 Å². The number of aromatic nitrogens is 2. The first-order valence-corrected chi connectivity index (χ1v) is 4.05. The topological polar surface area (TPSA) is 46.0 Å². The van der Waals surface area contributed by atoms with Crippen LogP contribution in [0.2, 0.25) is 0 Å². The summed E-state index contributed by atoms with van der Waals surface area (Å²) in [6.45, 7) is 3.71. The first-order valence-electron chi connectivity index (χ1n) is 3.25. The summed E-state index contributed by atoms with van der Waals surface area (Å²) < 4.78 is 0.574. The summed E-state index contributed by atoms with van der Waals surface area (Å²) in [5, 5.41) is 8.89. The summed E-state index contributed by atoms with van der Waals surface area (Å²) in [7, 11) is 0. The van der Waals surface area contributed by atoms with Crippen LogP contribution >= 0.6 is 15.9 Å². The summed E-state index contributed by atoms with van der Waals surface area (Å²) in [6.07, 6.45) is 0. The van der Waals surface area contributed by atoms with Crippen LogP contribution in [-0.2, 0) is 6.61 Å². The fraction of sp³-hybridized carbons (Fsp3) is 0.429. The van der Waals surface area contributed by atoms with Crippen molar-refractivity contribution in [1.82, 2.24) is 9.97 Å². The molecule has 3 nitrogen and oxygen atoms in total. The Morgan fingerprint density at radius 1 is 1.27 bits per heavy atom. The third kappa shape index (κ3) is 1.75. The summed E-state index contributed by atoms with van der Waals surface area (Å²) in [5.74, 6) is 0. The van der Waals surface area contributed by atoms with E-state index in [0.29, 0.717) is 4.73 Å². The predicted molar refractivity (Wildman–Crippen MR) is 45.1 cm³/mol. The SMILES string of the molecule is Cc1nc(Br)nc(C)c1CO. The van der Waals surface area contributed by atoms with E-state index in [1.54, 1.807) is 0 Å². The summed E-state index contributed by atoms with van der Waals surface area (Å²) in [6, 6.07) is 0. The number of nitrogens with zero attached hydrogens (tertiary/aromatic N) is 2. The highest BCUT2D eigenvalue weighted by atomic mass is 79.9. The highest BCUT2D eigenvalue weighted by molar-refractivity contribution is 9.10. The molecule has 1 aromatic rings. The number of aliphatic hydroxyl groups excluding tert-OH is 1. The molecule has 0 aliphatic carbocycles. The predicted octanol–water partition coefficient (Wildman–Crippen LogP) is 1.35. The van der Waals surface area contributed by atoms with Gasteiger partial charge >= 0.3 is 0 Å². The van der Waals surface area contributed by atoms with Crippen molar-refractivity contribution in [1.29, 1.82) is 0 Å². The maximum Gasteiger partial charge on any atom is 0.197 e. The highest BCUT2D eigenvalue weighted by Gasteiger charge is 2.04. The third-order valence-corrected chi connectivity index (χ3v) is 1.91. The molecule has 0 unspecified atom stereocenters. The van der Waals surface area contributed by atoms with Gasteiger partial charge in [0.15, 0.2) is 4.73 Å². The molecule has 60 valence electrons. The Morgan fingerprint density at radius 3 is 2.09 bits per heavy atom. The molecule has 1 aromatic heterocycles. The Kier molecular flexibility index (Phi) is 2.57. The van der Waals surface area contributed by atoms with Gasteiger partial charge in [-0.3, -0.25) is 0 Å². The van der Waals surface area contributed by atoms with Crippen LogP contribution in [0.5, 0.6) is 0 Å². The van der Waals surface area contributed by atoms with E-state index in [4.69, 9.17) is 5.11 Å². The Balaban J connectivity index is 3.25. The van der Waals surface area contributed by atoms with Crippen LogP contribution in [0.1, 0.15) is 17.0 Å². The van der Waals surface area contributed by atoms with Crippen molar-refractivity contribution in [2.75, 3.05) is 0 Å². The summed E-state index contributed by atoms with van der Waals surface area (Å²) >= 11 is 3.17. The summed E-state index contributed by atoms with van der Waals surface area (Å²) in [5.41, 5.74) is 2.46. The van der Waals surface area contributed by atoms with Crippen LogP contribution in [0.25, 0.3) is 0 Å². The van der Waals surface area contributed by atoms with Crippen molar-refractivity contribution < 1.29 is 5.11 Å². The molecule has 0 bridgehead atoms. The van der Waals surface area contributed by atoms with Gasteiger partial charge in [-0.1, -0.05) is 0 Å². The molecule has 1 rings (SSSR count). The lowest BCUT2D eigenvalue weighted by Gasteiger charge is -2.04. The van der Waals surface area contributed by atoms with Crippen LogP contribution in [0.4, 0.5) is 0 Å². The average Bonchev–Trinajstić information content (AvgIpc) is 1.85. The Labute approximate surface area is 73.6 Å². The second kappa shape index (κ2) is 3.28. The molecule has 0 radical (unpaired) electrons. The number of hydrogen-bond donors (Lipinski definition) is 1. The van der Waals surface area contributed by atoms with E-state index < -0.39 is 0 Å². The van der Waals surface area contributed by atoms with Crippen LogP contribution in [-0.4, -0.2) is 15.1 Å². The minimum atomic E-state index is 0.00491. The van der Waals surface area contributed by atoms with E-state index >= 15 is 0 Å². The van der Waals surface area contributed by atoms with Crippen molar-refractivity contribution in [2.45, 2.75) is 20.5 Å². The van der Waals surface area contributed by atoms with Gasteiger partial charge in [0.05, 0.1) is 6.61 Å². The molecule has 0 fully saturated rings. The lowest BCUT2D eigenvalue weighted by molar-refractivity contribution is 0.279. The molecule has 0 spiro atoms. The standard InChI is InChI=1S/C7H9BrN2O/c1-4-6(3-11)5(2)10-7(8)9-4/h11H,3H2,1-2H3. The zero-order valence-corrected chi connectivity index (χ0v) is 8.01. The lowest BCUT2D eigenvalue weighted by atomic mass is 10.2. The van der Waals surface area contributed by atoms with Crippen molar-refractivity contribution in [3.63, 3.8) is 0 Å². The second-order valence-corrected chi connectivity index (χ2v) is 3.01. The molecule has 0 aliphatic rings. The molecule has 11 heavy (non-hydrogen) atoms. The number of rotatable bonds is 1. The zero-order valence-electron chi connectivity index (χ0n) is 6.43. The minimum Gasteiger partial charge on any atom is -0.392 e. The third-order valence-electron chi connectivity index (χ3n) is 1.55. The molecule has 0 saturated carbocycles. The largest absolute Gasteiger partial charge is 0.392 e. The van der Waals surface area contributed by atoms with Gasteiger partial charge in [-0.05, 0) is 29.8 Å². The molecule has 0 saturated heterocycles. The normalized spacial score (nSPS) is 10.2. The van der Waals surface area contributed by atoms with Crippen LogP contribution < -0.4 is 0 Å². The molecule has 1 heterocycles. The van der Waals surface area contributed by atoms with Crippen LogP contribution in [0.3, 0.4) is 0 Å². The van der Waals surface area contributed by atoms with Gasteiger partial charge in [0.1, 0.15) is 0 Å². The first-order chi connectivity index (χ1) is 5.15. The number of hydrogen-bond acceptors (Lipinski definition) is 3. The molecular formula is C7H9BrN2O. The minimum absolute atomic E-state index is 0.00491. The fourth-order valence-corrected chi connectivity index (χ4v) is 1.46. The van der Waals surface area contributed by atoms with E-state index in [1.807, 2.05) is 13.8 Å². The fourth-order valence-electron chi connectivity index (χ4n) is 0.927. The quantitative estimate of drug-likeness (QED) is 0.722. The Hall–Kier alpha value is -0.480. The van der Waals surface area contributed by atoms with Gasteiger partial charge in [-0.2, -0.15) is 0 Å². The van der Waals surface area contributed by atoms with Crippen molar-refractivity contribution in [3.8, 4) is 0 Å². The van der Waals surface area contributed by atoms with Crippen molar-refractivity contribution >= 4 is 15.9 Å². The van der Waals surface area contributed by atoms with Gasteiger partial charge in [0.2, 0.25) is 0 Å². The van der Waals surface area contributed by atoms with Gasteiger partial charge in [-0.15, -0.1) is 0 Å². The maximum atomic E-state index is 8.89. The number of aliphatic hydroxyl groups is 1. The van der Waals surface area contributed by atoms with Gasteiger partial charge in [0.25, 0.3) is 0 Å². The smallest absolute Gasteiger partial charge is 0.197 e. The van der Waals surface area contributed by atoms with Gasteiger partial charge in [-0.25, -0.2) is 9.97 Å². The van der Waals surface area contributed by atoms with Gasteiger partial charge < -0.3 is 5.11 Å². The first kappa shape index (κ1) is 8.62. The van der Waals surface area contributed by atoms with E-state index in [9.17, 15) is 0 Å². The molecule has 1 N–H and O–H groups in total. The van der Waals surface area contributed by atoms with E-state index in [0.717, 1.165) is 17.0 Å². The number of aryl methyl sites for hydroxylation is 2. The Morgan fingerprint density at radius 2 is 1.73 bits per heavy atom. The molecule has 4 heteroatoms. The lowest BCUT2D eigenvalue weighted by Crippen LogP contribution is -2.00. The van der Waals surface area contributed by atoms with Crippen LogP contribution in [0, 0.1) is 13.8 Å². The Bertz CT molecular complexity index is 252. The highest BCUT2D eigenvalue weighted by Crippen LogP contribution is 2.12. The van der Waals surface area contributed by atoms with Crippen molar-refractivity contribution in [2.24, 2.45) is 0 Å². The number of halogens is 1. The average molecular weight is 217 g/mol. The van der Waals surface area contributed by atoms with E-state index in [1.165, 1.54) is 0 Å². The molecule has 0 amide bonds.